The molecule has 0 heterocycles. The van der Waals surface area contributed by atoms with Gasteiger partial charge in [0.1, 0.15) is 0 Å². The fraction of sp³-hybridized carbons (Fsp3) is 0.970. The van der Waals surface area contributed by atoms with Gasteiger partial charge >= 0.3 is 5.97 Å². The van der Waals surface area contributed by atoms with Crippen molar-refractivity contribution in [1.82, 2.24) is 0 Å². The van der Waals surface area contributed by atoms with E-state index in [-0.39, 0.29) is 12.1 Å². The van der Waals surface area contributed by atoms with Gasteiger partial charge in [-0.05, 0) is 38.0 Å². The van der Waals surface area contributed by atoms with Crippen LogP contribution in [-0.2, 0) is 9.53 Å². The fourth-order valence-corrected chi connectivity index (χ4v) is 5.15. The van der Waals surface area contributed by atoms with Gasteiger partial charge in [0.2, 0.25) is 0 Å². The zero-order valence-electron chi connectivity index (χ0n) is 25.0. The van der Waals surface area contributed by atoms with Crippen molar-refractivity contribution in [2.45, 2.75) is 194 Å². The van der Waals surface area contributed by atoms with E-state index in [9.17, 15) is 9.90 Å². The summed E-state index contributed by atoms with van der Waals surface area (Å²) in [6.45, 7) is 7.41. The van der Waals surface area contributed by atoms with E-state index in [1.165, 1.54) is 116 Å². The minimum absolute atomic E-state index is 0.00185. The Morgan fingerprint density at radius 2 is 0.889 bits per heavy atom. The fourth-order valence-electron chi connectivity index (χ4n) is 5.15. The highest BCUT2D eigenvalue weighted by molar-refractivity contribution is 5.69. The van der Waals surface area contributed by atoms with Crippen LogP contribution in [-0.4, -0.2) is 23.8 Å². The van der Waals surface area contributed by atoms with Gasteiger partial charge in [-0.3, -0.25) is 4.79 Å². The molecule has 0 rings (SSSR count). The SMILES string of the molecule is CCCCCCCCC(CCCCCCCC)COC(=O)CCCCCCC(O)CCCCCCC. The molecular formula is C33H66O3. The van der Waals surface area contributed by atoms with Crippen molar-refractivity contribution in [3.05, 3.63) is 0 Å². The molecule has 1 unspecified atom stereocenters. The van der Waals surface area contributed by atoms with Gasteiger partial charge in [0.15, 0.2) is 0 Å². The van der Waals surface area contributed by atoms with Crippen molar-refractivity contribution in [2.24, 2.45) is 5.92 Å². The van der Waals surface area contributed by atoms with Crippen molar-refractivity contribution >= 4 is 5.97 Å². The number of esters is 1. The van der Waals surface area contributed by atoms with Crippen LogP contribution >= 0.6 is 0 Å². The molecule has 0 aliphatic heterocycles. The van der Waals surface area contributed by atoms with Gasteiger partial charge in [-0.15, -0.1) is 0 Å². The summed E-state index contributed by atoms with van der Waals surface area (Å²) < 4.78 is 5.73. The number of rotatable bonds is 29. The largest absolute Gasteiger partial charge is 0.465 e. The van der Waals surface area contributed by atoms with Crippen molar-refractivity contribution in [2.75, 3.05) is 6.61 Å². The summed E-state index contributed by atoms with van der Waals surface area (Å²) >= 11 is 0. The lowest BCUT2D eigenvalue weighted by atomic mass is 9.94. The van der Waals surface area contributed by atoms with Crippen LogP contribution in [0.15, 0.2) is 0 Å². The Balaban J connectivity index is 3.91. The van der Waals surface area contributed by atoms with Gasteiger partial charge in [0, 0.05) is 6.42 Å². The summed E-state index contributed by atoms with van der Waals surface area (Å²) in [5, 5.41) is 10.1. The molecule has 1 atom stereocenters. The number of hydrogen-bond donors (Lipinski definition) is 1. The lowest BCUT2D eigenvalue weighted by Gasteiger charge is -2.17. The Labute approximate surface area is 226 Å². The second-order valence-corrected chi connectivity index (χ2v) is 11.5. The standard InChI is InChI=1S/C33H66O3/c1-4-7-10-13-16-20-25-31(26-21-17-14-11-8-5-2)30-36-33(35)29-24-19-18-23-28-32(34)27-22-15-12-9-6-3/h31-32,34H,4-30H2,1-3H3. The quantitative estimate of drug-likeness (QED) is 0.0803. The average Bonchev–Trinajstić information content (AvgIpc) is 2.88. The maximum absolute atomic E-state index is 12.3. The molecule has 0 fully saturated rings. The van der Waals surface area contributed by atoms with Crippen molar-refractivity contribution in [3.8, 4) is 0 Å². The predicted molar refractivity (Wildman–Crippen MR) is 158 cm³/mol. The van der Waals surface area contributed by atoms with E-state index >= 15 is 0 Å². The summed E-state index contributed by atoms with van der Waals surface area (Å²) in [6.07, 6.45) is 31.2. The second-order valence-electron chi connectivity index (χ2n) is 11.5. The molecule has 3 heteroatoms. The van der Waals surface area contributed by atoms with E-state index in [1.807, 2.05) is 0 Å². The number of aliphatic hydroxyl groups excluding tert-OH is 1. The van der Waals surface area contributed by atoms with Crippen LogP contribution < -0.4 is 0 Å². The second kappa shape index (κ2) is 29.0. The highest BCUT2D eigenvalue weighted by atomic mass is 16.5. The lowest BCUT2D eigenvalue weighted by Crippen LogP contribution is -2.14. The van der Waals surface area contributed by atoms with Crippen LogP contribution in [0.5, 0.6) is 0 Å². The Morgan fingerprint density at radius 3 is 1.33 bits per heavy atom. The molecule has 0 aromatic carbocycles. The number of ether oxygens (including phenoxy) is 1. The number of aliphatic hydroxyl groups is 1. The molecule has 0 aromatic heterocycles. The minimum atomic E-state index is -0.133. The van der Waals surface area contributed by atoms with E-state index in [4.69, 9.17) is 4.74 Å². The normalized spacial score (nSPS) is 12.4. The van der Waals surface area contributed by atoms with Crippen molar-refractivity contribution in [3.63, 3.8) is 0 Å². The molecule has 216 valence electrons. The molecule has 3 nitrogen and oxygen atoms in total. The molecule has 0 spiro atoms. The molecule has 0 amide bonds. The first-order valence-electron chi connectivity index (χ1n) is 16.5. The third-order valence-electron chi connectivity index (χ3n) is 7.72. The van der Waals surface area contributed by atoms with Gasteiger partial charge in [0.25, 0.3) is 0 Å². The van der Waals surface area contributed by atoms with Gasteiger partial charge in [-0.2, -0.15) is 0 Å². The third-order valence-corrected chi connectivity index (χ3v) is 7.72. The third kappa shape index (κ3) is 26.5. The zero-order valence-corrected chi connectivity index (χ0v) is 25.0. The summed E-state index contributed by atoms with van der Waals surface area (Å²) in [6, 6.07) is 0. The smallest absolute Gasteiger partial charge is 0.305 e. The summed E-state index contributed by atoms with van der Waals surface area (Å²) in [5.74, 6) is 0.549. The number of unbranched alkanes of at least 4 members (excludes halogenated alkanes) is 17. The maximum Gasteiger partial charge on any atom is 0.305 e. The molecule has 36 heavy (non-hydrogen) atoms. The molecule has 0 aliphatic carbocycles. The van der Waals surface area contributed by atoms with Crippen LogP contribution in [0.25, 0.3) is 0 Å². The van der Waals surface area contributed by atoms with Crippen LogP contribution in [0.1, 0.15) is 188 Å². The molecule has 0 aromatic rings. The van der Waals surface area contributed by atoms with Crippen molar-refractivity contribution in [1.29, 1.82) is 0 Å². The van der Waals surface area contributed by atoms with Gasteiger partial charge in [-0.1, -0.05) is 149 Å². The van der Waals surface area contributed by atoms with Crippen LogP contribution in [0.2, 0.25) is 0 Å². The summed E-state index contributed by atoms with van der Waals surface area (Å²) in [7, 11) is 0. The molecule has 0 aliphatic rings. The summed E-state index contributed by atoms with van der Waals surface area (Å²) in [5.41, 5.74) is 0. The van der Waals surface area contributed by atoms with E-state index in [0.717, 1.165) is 44.9 Å². The molecule has 0 saturated heterocycles. The Bertz CT molecular complexity index is 421. The highest BCUT2D eigenvalue weighted by Crippen LogP contribution is 2.20. The molecular weight excluding hydrogens is 444 g/mol. The Morgan fingerprint density at radius 1 is 0.528 bits per heavy atom. The lowest BCUT2D eigenvalue weighted by molar-refractivity contribution is -0.145. The first-order valence-corrected chi connectivity index (χ1v) is 16.5. The average molecular weight is 511 g/mol. The van der Waals surface area contributed by atoms with Gasteiger partial charge in [-0.25, -0.2) is 0 Å². The highest BCUT2D eigenvalue weighted by Gasteiger charge is 2.12. The van der Waals surface area contributed by atoms with Gasteiger partial charge < -0.3 is 9.84 Å². The van der Waals surface area contributed by atoms with Crippen LogP contribution in [0.3, 0.4) is 0 Å². The van der Waals surface area contributed by atoms with Crippen LogP contribution in [0.4, 0.5) is 0 Å². The number of hydrogen-bond acceptors (Lipinski definition) is 3. The number of carbonyl (C=O) groups is 1. The van der Waals surface area contributed by atoms with E-state index in [2.05, 4.69) is 20.8 Å². The maximum atomic E-state index is 12.3. The topological polar surface area (TPSA) is 46.5 Å². The van der Waals surface area contributed by atoms with E-state index in [0.29, 0.717) is 18.9 Å². The van der Waals surface area contributed by atoms with Crippen molar-refractivity contribution < 1.29 is 14.6 Å². The monoisotopic (exact) mass is 511 g/mol. The first kappa shape index (κ1) is 35.4. The van der Waals surface area contributed by atoms with E-state index < -0.39 is 0 Å². The van der Waals surface area contributed by atoms with Gasteiger partial charge in [0.05, 0.1) is 12.7 Å². The van der Waals surface area contributed by atoms with Crippen LogP contribution in [0, 0.1) is 5.92 Å². The Kier molecular flexibility index (Phi) is 28.5. The molecule has 0 saturated carbocycles. The molecule has 0 bridgehead atoms. The predicted octanol–water partition coefficient (Wildman–Crippen LogP) is 10.7. The number of carbonyl (C=O) groups excluding carboxylic acids is 1. The molecule has 1 N–H and O–H groups in total. The minimum Gasteiger partial charge on any atom is -0.465 e. The Hall–Kier alpha value is -0.570. The van der Waals surface area contributed by atoms with E-state index in [1.54, 1.807) is 0 Å². The zero-order chi connectivity index (χ0) is 26.5. The molecule has 0 radical (unpaired) electrons. The summed E-state index contributed by atoms with van der Waals surface area (Å²) in [4.78, 5) is 12.3. The first-order chi connectivity index (χ1) is 17.6.